The van der Waals surface area contributed by atoms with Crippen LogP contribution in [0.15, 0.2) is 17.0 Å². The van der Waals surface area contributed by atoms with E-state index in [9.17, 15) is 8.42 Å². The third kappa shape index (κ3) is 4.29. The van der Waals surface area contributed by atoms with Gasteiger partial charge in [0.15, 0.2) is 0 Å². The van der Waals surface area contributed by atoms with E-state index < -0.39 is 10.0 Å². The SMILES string of the molecule is CCCCCN1CCN(S(=O)(=O)c2cc(C)c(C)cc2OC)CC1. The highest BCUT2D eigenvalue weighted by Crippen LogP contribution is 2.30. The molecule has 136 valence electrons. The van der Waals surface area contributed by atoms with Gasteiger partial charge in [0.2, 0.25) is 10.0 Å². The van der Waals surface area contributed by atoms with Gasteiger partial charge in [0, 0.05) is 26.2 Å². The topological polar surface area (TPSA) is 49.9 Å². The summed E-state index contributed by atoms with van der Waals surface area (Å²) in [6.45, 7) is 9.85. The number of hydrogen-bond donors (Lipinski definition) is 0. The van der Waals surface area contributed by atoms with Crippen LogP contribution in [0.5, 0.6) is 5.75 Å². The second kappa shape index (κ2) is 8.32. The summed E-state index contributed by atoms with van der Waals surface area (Å²) in [4.78, 5) is 2.65. The molecule has 1 aliphatic rings. The Morgan fingerprint density at radius 1 is 1.04 bits per heavy atom. The number of unbranched alkanes of at least 4 members (excludes halogenated alkanes) is 2. The lowest BCUT2D eigenvalue weighted by Gasteiger charge is -2.34. The number of aryl methyl sites for hydroxylation is 2. The Kier molecular flexibility index (Phi) is 6.66. The normalized spacial score (nSPS) is 17.2. The first kappa shape index (κ1) is 19.2. The van der Waals surface area contributed by atoms with Crippen LogP contribution < -0.4 is 4.74 Å². The van der Waals surface area contributed by atoms with Crippen LogP contribution in [0.25, 0.3) is 0 Å². The Labute approximate surface area is 146 Å². The van der Waals surface area contributed by atoms with Crippen molar-refractivity contribution in [2.75, 3.05) is 39.8 Å². The quantitative estimate of drug-likeness (QED) is 0.707. The first-order valence-corrected chi connectivity index (χ1v) is 10.2. The molecule has 0 radical (unpaired) electrons. The van der Waals surface area contributed by atoms with Crippen LogP contribution >= 0.6 is 0 Å². The summed E-state index contributed by atoms with van der Waals surface area (Å²) in [7, 11) is -1.99. The molecule has 0 unspecified atom stereocenters. The van der Waals surface area contributed by atoms with E-state index in [1.807, 2.05) is 19.9 Å². The van der Waals surface area contributed by atoms with E-state index >= 15 is 0 Å². The summed E-state index contributed by atoms with van der Waals surface area (Å²) in [6.07, 6.45) is 3.63. The third-order valence-corrected chi connectivity index (χ3v) is 6.73. The number of ether oxygens (including phenoxy) is 1. The van der Waals surface area contributed by atoms with E-state index in [0.29, 0.717) is 18.8 Å². The minimum absolute atomic E-state index is 0.285. The fourth-order valence-electron chi connectivity index (χ4n) is 3.04. The van der Waals surface area contributed by atoms with Crippen LogP contribution in [-0.2, 0) is 10.0 Å². The molecule has 0 saturated carbocycles. The molecule has 0 atom stereocenters. The number of rotatable bonds is 7. The number of piperazine rings is 1. The van der Waals surface area contributed by atoms with Gasteiger partial charge in [0.05, 0.1) is 7.11 Å². The Balaban J connectivity index is 2.11. The molecule has 0 amide bonds. The Bertz CT molecular complexity index is 650. The number of nitrogens with zero attached hydrogens (tertiary/aromatic N) is 2. The monoisotopic (exact) mass is 354 g/mol. The highest BCUT2D eigenvalue weighted by Gasteiger charge is 2.31. The molecule has 1 aromatic rings. The second-order valence-electron chi connectivity index (χ2n) is 6.54. The zero-order chi connectivity index (χ0) is 17.7. The maximum atomic E-state index is 13.0. The predicted octanol–water partition coefficient (Wildman–Crippen LogP) is 2.81. The fraction of sp³-hybridized carbons (Fsp3) is 0.667. The van der Waals surface area contributed by atoms with Gasteiger partial charge in [-0.2, -0.15) is 4.31 Å². The molecule has 6 heteroatoms. The first-order chi connectivity index (χ1) is 11.4. The van der Waals surface area contributed by atoms with Crippen molar-refractivity contribution in [2.45, 2.75) is 44.9 Å². The van der Waals surface area contributed by atoms with Crippen molar-refractivity contribution in [3.8, 4) is 5.75 Å². The highest BCUT2D eigenvalue weighted by molar-refractivity contribution is 7.89. The van der Waals surface area contributed by atoms with Crippen LogP contribution in [0.1, 0.15) is 37.3 Å². The van der Waals surface area contributed by atoms with Crippen molar-refractivity contribution in [2.24, 2.45) is 0 Å². The first-order valence-electron chi connectivity index (χ1n) is 8.78. The number of sulfonamides is 1. The summed E-state index contributed by atoms with van der Waals surface area (Å²) in [5.41, 5.74) is 2.00. The zero-order valence-electron chi connectivity index (χ0n) is 15.3. The molecule has 1 heterocycles. The van der Waals surface area contributed by atoms with Crippen molar-refractivity contribution < 1.29 is 13.2 Å². The average molecular weight is 355 g/mol. The van der Waals surface area contributed by atoms with Crippen molar-refractivity contribution >= 4 is 10.0 Å². The molecular formula is C18H30N2O3S. The predicted molar refractivity (Wildman–Crippen MR) is 97.2 cm³/mol. The van der Waals surface area contributed by atoms with Gasteiger partial charge in [0.1, 0.15) is 10.6 Å². The molecule has 1 saturated heterocycles. The lowest BCUT2D eigenvalue weighted by Crippen LogP contribution is -2.48. The lowest BCUT2D eigenvalue weighted by molar-refractivity contribution is 0.185. The molecular weight excluding hydrogens is 324 g/mol. The minimum atomic E-state index is -3.51. The van der Waals surface area contributed by atoms with Crippen LogP contribution in [0, 0.1) is 13.8 Å². The van der Waals surface area contributed by atoms with E-state index in [1.165, 1.54) is 26.4 Å². The standard InChI is InChI=1S/C18H30N2O3S/c1-5-6-7-8-19-9-11-20(12-10-19)24(21,22)18-14-16(3)15(2)13-17(18)23-4/h13-14H,5-12H2,1-4H3. The maximum Gasteiger partial charge on any atom is 0.246 e. The van der Waals surface area contributed by atoms with E-state index in [1.54, 1.807) is 10.4 Å². The smallest absolute Gasteiger partial charge is 0.246 e. The van der Waals surface area contributed by atoms with Gasteiger partial charge in [-0.25, -0.2) is 8.42 Å². The fourth-order valence-corrected chi connectivity index (χ4v) is 4.69. The van der Waals surface area contributed by atoms with Gasteiger partial charge in [0.25, 0.3) is 0 Å². The van der Waals surface area contributed by atoms with Crippen molar-refractivity contribution in [3.05, 3.63) is 23.3 Å². The Hall–Kier alpha value is -1.11. The van der Waals surface area contributed by atoms with Gasteiger partial charge < -0.3 is 9.64 Å². The van der Waals surface area contributed by atoms with E-state index in [4.69, 9.17) is 4.74 Å². The molecule has 0 N–H and O–H groups in total. The van der Waals surface area contributed by atoms with Crippen molar-refractivity contribution in [1.82, 2.24) is 9.21 Å². The van der Waals surface area contributed by atoms with Gasteiger partial charge in [-0.15, -0.1) is 0 Å². The largest absolute Gasteiger partial charge is 0.495 e. The van der Waals surface area contributed by atoms with Crippen LogP contribution in [0.3, 0.4) is 0 Å². The summed E-state index contributed by atoms with van der Waals surface area (Å²) in [5.74, 6) is 0.434. The van der Waals surface area contributed by atoms with Crippen molar-refractivity contribution in [3.63, 3.8) is 0 Å². The van der Waals surface area contributed by atoms with Crippen LogP contribution in [0.4, 0.5) is 0 Å². The van der Waals surface area contributed by atoms with Gasteiger partial charge in [-0.1, -0.05) is 19.8 Å². The van der Waals surface area contributed by atoms with Crippen LogP contribution in [-0.4, -0.2) is 57.5 Å². The van der Waals surface area contributed by atoms with Crippen LogP contribution in [0.2, 0.25) is 0 Å². The molecule has 0 spiro atoms. The molecule has 1 aliphatic heterocycles. The molecule has 1 fully saturated rings. The van der Waals surface area contributed by atoms with E-state index in [-0.39, 0.29) is 4.90 Å². The minimum Gasteiger partial charge on any atom is -0.495 e. The summed E-state index contributed by atoms with van der Waals surface area (Å²) in [6, 6.07) is 3.54. The summed E-state index contributed by atoms with van der Waals surface area (Å²) < 4.78 is 33.0. The maximum absolute atomic E-state index is 13.0. The van der Waals surface area contributed by atoms with Gasteiger partial charge in [-0.3, -0.25) is 0 Å². The molecule has 24 heavy (non-hydrogen) atoms. The average Bonchev–Trinajstić information content (AvgIpc) is 2.57. The molecule has 5 nitrogen and oxygen atoms in total. The molecule has 0 bridgehead atoms. The Morgan fingerprint density at radius 2 is 1.67 bits per heavy atom. The zero-order valence-corrected chi connectivity index (χ0v) is 16.2. The Morgan fingerprint density at radius 3 is 2.25 bits per heavy atom. The molecule has 1 aromatic carbocycles. The summed E-state index contributed by atoms with van der Waals surface area (Å²) >= 11 is 0. The van der Waals surface area contributed by atoms with E-state index in [2.05, 4.69) is 11.8 Å². The third-order valence-electron chi connectivity index (χ3n) is 4.81. The van der Waals surface area contributed by atoms with E-state index in [0.717, 1.165) is 30.8 Å². The summed E-state index contributed by atoms with van der Waals surface area (Å²) in [5, 5.41) is 0. The lowest BCUT2D eigenvalue weighted by atomic mass is 10.1. The molecule has 2 rings (SSSR count). The molecule has 0 aromatic heterocycles. The van der Waals surface area contributed by atoms with Gasteiger partial charge >= 0.3 is 0 Å². The second-order valence-corrected chi connectivity index (χ2v) is 8.45. The number of hydrogen-bond acceptors (Lipinski definition) is 4. The highest BCUT2D eigenvalue weighted by atomic mass is 32.2. The molecule has 0 aliphatic carbocycles. The van der Waals surface area contributed by atoms with Gasteiger partial charge in [-0.05, 0) is 50.1 Å². The number of benzene rings is 1. The van der Waals surface area contributed by atoms with Crippen molar-refractivity contribution in [1.29, 1.82) is 0 Å². The number of methoxy groups -OCH3 is 1.